The lowest BCUT2D eigenvalue weighted by atomic mass is 9.97. The molecule has 0 aromatic heterocycles. The number of halogens is 2. The van der Waals surface area contributed by atoms with E-state index in [1.807, 2.05) is 18.2 Å². The van der Waals surface area contributed by atoms with Crippen molar-refractivity contribution in [2.45, 2.75) is 38.3 Å². The van der Waals surface area contributed by atoms with Crippen LogP contribution in [0.4, 0.5) is 0 Å². The Hall–Kier alpha value is -0.280. The summed E-state index contributed by atoms with van der Waals surface area (Å²) in [5.74, 6) is 0. The molecule has 1 fully saturated rings. The molecule has 2 atom stereocenters. The van der Waals surface area contributed by atoms with Gasteiger partial charge in [0, 0.05) is 18.6 Å². The molecule has 0 spiro atoms. The normalized spacial score (nSPS) is 23.0. The van der Waals surface area contributed by atoms with Crippen molar-refractivity contribution in [2.24, 2.45) is 5.73 Å². The van der Waals surface area contributed by atoms with Crippen LogP contribution in [0.3, 0.4) is 0 Å². The maximum Gasteiger partial charge on any atom is 0.0640 e. The van der Waals surface area contributed by atoms with Crippen LogP contribution in [0.15, 0.2) is 18.2 Å². The molecule has 18 heavy (non-hydrogen) atoms. The molecule has 0 aliphatic carbocycles. The second-order valence-electron chi connectivity index (χ2n) is 4.98. The standard InChI is InChI=1S/C14H20Cl2N2/c1-10-5-2-3-8-18(10)13(9-17)11-6-4-7-12(15)14(11)16/h4,6-7,10,13H,2-3,5,8-9,17H2,1H3. The number of benzene rings is 1. The maximum atomic E-state index is 6.32. The number of hydrogen-bond acceptors (Lipinski definition) is 2. The van der Waals surface area contributed by atoms with E-state index in [0.717, 1.165) is 12.1 Å². The maximum absolute atomic E-state index is 6.32. The molecule has 0 bridgehead atoms. The van der Waals surface area contributed by atoms with Crippen molar-refractivity contribution in [3.05, 3.63) is 33.8 Å². The average Bonchev–Trinajstić information content (AvgIpc) is 2.37. The van der Waals surface area contributed by atoms with Crippen LogP contribution >= 0.6 is 23.2 Å². The summed E-state index contributed by atoms with van der Waals surface area (Å²) in [6.45, 7) is 3.93. The van der Waals surface area contributed by atoms with E-state index in [4.69, 9.17) is 28.9 Å². The van der Waals surface area contributed by atoms with Gasteiger partial charge in [0.25, 0.3) is 0 Å². The third-order valence-electron chi connectivity index (χ3n) is 3.82. The van der Waals surface area contributed by atoms with Crippen molar-refractivity contribution < 1.29 is 0 Å². The lowest BCUT2D eigenvalue weighted by Gasteiger charge is -2.39. The van der Waals surface area contributed by atoms with Crippen molar-refractivity contribution in [1.29, 1.82) is 0 Å². The van der Waals surface area contributed by atoms with Gasteiger partial charge in [-0.15, -0.1) is 0 Å². The average molecular weight is 287 g/mol. The van der Waals surface area contributed by atoms with Crippen LogP contribution in [-0.2, 0) is 0 Å². The van der Waals surface area contributed by atoms with E-state index in [2.05, 4.69) is 11.8 Å². The van der Waals surface area contributed by atoms with Gasteiger partial charge in [-0.2, -0.15) is 0 Å². The Morgan fingerprint density at radius 1 is 1.39 bits per heavy atom. The summed E-state index contributed by atoms with van der Waals surface area (Å²) in [4.78, 5) is 2.46. The third kappa shape index (κ3) is 2.83. The van der Waals surface area contributed by atoms with Gasteiger partial charge >= 0.3 is 0 Å². The predicted molar refractivity (Wildman–Crippen MR) is 78.3 cm³/mol. The van der Waals surface area contributed by atoms with Crippen LogP contribution in [0.5, 0.6) is 0 Å². The molecule has 0 radical (unpaired) electrons. The Kier molecular flexibility index (Phi) is 4.91. The van der Waals surface area contributed by atoms with E-state index >= 15 is 0 Å². The first-order valence-corrected chi connectivity index (χ1v) is 7.30. The van der Waals surface area contributed by atoms with E-state index in [0.29, 0.717) is 22.6 Å². The van der Waals surface area contributed by atoms with Gasteiger partial charge in [-0.25, -0.2) is 0 Å². The summed E-state index contributed by atoms with van der Waals surface area (Å²) in [6, 6.07) is 6.53. The number of nitrogens with zero attached hydrogens (tertiary/aromatic N) is 1. The molecule has 0 saturated carbocycles. The van der Waals surface area contributed by atoms with Crippen molar-refractivity contribution in [1.82, 2.24) is 4.90 Å². The van der Waals surface area contributed by atoms with Crippen LogP contribution in [0.2, 0.25) is 10.0 Å². The van der Waals surface area contributed by atoms with E-state index in [1.165, 1.54) is 19.3 Å². The van der Waals surface area contributed by atoms with Crippen LogP contribution in [0.25, 0.3) is 0 Å². The fraction of sp³-hybridized carbons (Fsp3) is 0.571. The zero-order valence-electron chi connectivity index (χ0n) is 10.7. The monoisotopic (exact) mass is 286 g/mol. The summed E-state index contributed by atoms with van der Waals surface area (Å²) in [6.07, 6.45) is 3.77. The predicted octanol–water partition coefficient (Wildman–Crippen LogP) is 3.87. The number of piperidine rings is 1. The van der Waals surface area contributed by atoms with Crippen molar-refractivity contribution in [3.63, 3.8) is 0 Å². The summed E-state index contributed by atoms with van der Waals surface area (Å²) in [7, 11) is 0. The molecule has 2 unspecified atom stereocenters. The van der Waals surface area contributed by atoms with Crippen LogP contribution < -0.4 is 5.73 Å². The molecule has 1 saturated heterocycles. The molecule has 1 aliphatic rings. The number of likely N-dealkylation sites (tertiary alicyclic amines) is 1. The lowest BCUT2D eigenvalue weighted by molar-refractivity contribution is 0.109. The van der Waals surface area contributed by atoms with E-state index in [-0.39, 0.29) is 6.04 Å². The van der Waals surface area contributed by atoms with E-state index < -0.39 is 0 Å². The van der Waals surface area contributed by atoms with Gasteiger partial charge in [0.1, 0.15) is 0 Å². The fourth-order valence-electron chi connectivity index (χ4n) is 2.80. The highest BCUT2D eigenvalue weighted by Crippen LogP contribution is 2.35. The minimum atomic E-state index is 0.173. The molecular formula is C14H20Cl2N2. The molecule has 1 aromatic carbocycles. The second kappa shape index (κ2) is 6.25. The molecule has 1 aliphatic heterocycles. The van der Waals surface area contributed by atoms with Gasteiger partial charge in [-0.3, -0.25) is 4.90 Å². The fourth-order valence-corrected chi connectivity index (χ4v) is 3.24. The molecule has 2 nitrogen and oxygen atoms in total. The van der Waals surface area contributed by atoms with Crippen LogP contribution in [-0.4, -0.2) is 24.0 Å². The minimum absolute atomic E-state index is 0.173. The number of rotatable bonds is 3. The molecule has 1 aromatic rings. The Balaban J connectivity index is 2.29. The smallest absolute Gasteiger partial charge is 0.0640 e. The number of nitrogens with two attached hydrogens (primary N) is 1. The lowest BCUT2D eigenvalue weighted by Crippen LogP contribution is -2.43. The van der Waals surface area contributed by atoms with Crippen LogP contribution in [0.1, 0.15) is 37.8 Å². The zero-order chi connectivity index (χ0) is 13.1. The first kappa shape index (κ1) is 14.1. The second-order valence-corrected chi connectivity index (χ2v) is 5.76. The van der Waals surface area contributed by atoms with Crippen molar-refractivity contribution in [2.75, 3.05) is 13.1 Å². The molecule has 4 heteroatoms. The first-order chi connectivity index (χ1) is 8.65. The van der Waals surface area contributed by atoms with Gasteiger partial charge < -0.3 is 5.73 Å². The number of hydrogen-bond donors (Lipinski definition) is 1. The Labute approximate surface area is 119 Å². The molecule has 0 amide bonds. The van der Waals surface area contributed by atoms with Gasteiger partial charge in [0.15, 0.2) is 0 Å². The summed E-state index contributed by atoms with van der Waals surface area (Å²) < 4.78 is 0. The molecule has 2 N–H and O–H groups in total. The highest BCUT2D eigenvalue weighted by atomic mass is 35.5. The van der Waals surface area contributed by atoms with Crippen molar-refractivity contribution >= 4 is 23.2 Å². The third-order valence-corrected chi connectivity index (χ3v) is 4.65. The highest BCUT2D eigenvalue weighted by molar-refractivity contribution is 6.42. The minimum Gasteiger partial charge on any atom is -0.329 e. The summed E-state index contributed by atoms with van der Waals surface area (Å²) in [5.41, 5.74) is 7.03. The van der Waals surface area contributed by atoms with Gasteiger partial charge in [-0.05, 0) is 37.9 Å². The van der Waals surface area contributed by atoms with E-state index in [1.54, 1.807) is 0 Å². The van der Waals surface area contributed by atoms with Gasteiger partial charge in [-0.1, -0.05) is 41.8 Å². The Morgan fingerprint density at radius 2 is 2.17 bits per heavy atom. The largest absolute Gasteiger partial charge is 0.329 e. The molecular weight excluding hydrogens is 267 g/mol. The van der Waals surface area contributed by atoms with E-state index in [9.17, 15) is 0 Å². The quantitative estimate of drug-likeness (QED) is 0.914. The summed E-state index contributed by atoms with van der Waals surface area (Å²) >= 11 is 12.4. The summed E-state index contributed by atoms with van der Waals surface area (Å²) in [5, 5.41) is 1.25. The molecule has 1 heterocycles. The Morgan fingerprint density at radius 3 is 2.83 bits per heavy atom. The van der Waals surface area contributed by atoms with Gasteiger partial charge in [0.05, 0.1) is 10.0 Å². The topological polar surface area (TPSA) is 29.3 Å². The Bertz CT molecular complexity index is 409. The zero-order valence-corrected chi connectivity index (χ0v) is 12.2. The van der Waals surface area contributed by atoms with Gasteiger partial charge in [0.2, 0.25) is 0 Å². The molecule has 100 valence electrons. The first-order valence-electron chi connectivity index (χ1n) is 6.55. The van der Waals surface area contributed by atoms with Crippen LogP contribution in [0, 0.1) is 0 Å². The molecule has 2 rings (SSSR count). The van der Waals surface area contributed by atoms with Crippen molar-refractivity contribution in [3.8, 4) is 0 Å². The highest BCUT2D eigenvalue weighted by Gasteiger charge is 2.27. The SMILES string of the molecule is CC1CCCCN1C(CN)c1cccc(Cl)c1Cl.